The molecule has 0 spiro atoms. The lowest BCUT2D eigenvalue weighted by Crippen LogP contribution is -2.34. The fraction of sp³-hybridized carbons (Fsp3) is 1.00. The topological polar surface area (TPSA) is 58.7 Å². The molecule has 1 saturated carbocycles. The minimum absolute atomic E-state index is 0.111. The number of ether oxygens (including phenoxy) is 1. The van der Waals surface area contributed by atoms with Crippen LogP contribution in [0.2, 0.25) is 0 Å². The number of aliphatic hydroxyl groups is 1. The average molecular weight is 188 g/mol. The Labute approximate surface area is 79.7 Å². The Kier molecular flexibility index (Phi) is 5.31. The van der Waals surface area contributed by atoms with Crippen LogP contribution in [0.5, 0.6) is 0 Å². The molecular weight excluding hydrogens is 168 g/mol. The number of hydrogen-bond acceptors (Lipinski definition) is 4. The second kappa shape index (κ2) is 6.32. The normalized spacial score (nSPS) is 16.8. The van der Waals surface area contributed by atoms with Gasteiger partial charge in [0.25, 0.3) is 0 Å². The molecule has 13 heavy (non-hydrogen) atoms. The van der Waals surface area contributed by atoms with E-state index in [9.17, 15) is 0 Å². The van der Waals surface area contributed by atoms with Gasteiger partial charge in [-0.05, 0) is 12.8 Å². The van der Waals surface area contributed by atoms with Crippen molar-refractivity contribution in [2.45, 2.75) is 18.9 Å². The van der Waals surface area contributed by atoms with Gasteiger partial charge in [-0.25, -0.2) is 0 Å². The molecule has 0 atom stereocenters. The predicted octanol–water partition coefficient (Wildman–Crippen LogP) is -0.582. The van der Waals surface area contributed by atoms with Crippen LogP contribution in [0.1, 0.15) is 12.8 Å². The minimum atomic E-state index is 0.111. The zero-order valence-corrected chi connectivity index (χ0v) is 8.11. The molecule has 0 aromatic carbocycles. The Balaban J connectivity index is 2.00. The summed E-state index contributed by atoms with van der Waals surface area (Å²) in [6.07, 6.45) is 2.61. The summed E-state index contributed by atoms with van der Waals surface area (Å²) in [5.41, 5.74) is 5.50. The van der Waals surface area contributed by atoms with E-state index in [-0.39, 0.29) is 6.61 Å². The van der Waals surface area contributed by atoms with E-state index in [1.165, 1.54) is 12.8 Å². The van der Waals surface area contributed by atoms with Crippen LogP contribution >= 0.6 is 0 Å². The molecule has 4 nitrogen and oxygen atoms in total. The van der Waals surface area contributed by atoms with E-state index in [1.54, 1.807) is 0 Å². The van der Waals surface area contributed by atoms with Gasteiger partial charge in [-0.1, -0.05) is 0 Å². The highest BCUT2D eigenvalue weighted by molar-refractivity contribution is 4.84. The largest absolute Gasteiger partial charge is 0.394 e. The van der Waals surface area contributed by atoms with Gasteiger partial charge in [0, 0.05) is 25.7 Å². The zero-order chi connectivity index (χ0) is 9.52. The Morgan fingerprint density at radius 2 is 2.08 bits per heavy atom. The van der Waals surface area contributed by atoms with Gasteiger partial charge in [0.15, 0.2) is 0 Å². The lowest BCUT2D eigenvalue weighted by molar-refractivity contribution is 0.0726. The summed E-state index contributed by atoms with van der Waals surface area (Å²) in [5, 5.41) is 8.50. The molecule has 0 amide bonds. The molecule has 3 N–H and O–H groups in total. The van der Waals surface area contributed by atoms with E-state index >= 15 is 0 Å². The summed E-state index contributed by atoms with van der Waals surface area (Å²) in [4.78, 5) is 2.37. The van der Waals surface area contributed by atoms with Gasteiger partial charge in [-0.3, -0.25) is 4.90 Å². The van der Waals surface area contributed by atoms with E-state index in [0.717, 1.165) is 25.7 Å². The van der Waals surface area contributed by atoms with Gasteiger partial charge >= 0.3 is 0 Å². The van der Waals surface area contributed by atoms with E-state index in [2.05, 4.69) is 4.90 Å². The smallest absolute Gasteiger partial charge is 0.0698 e. The third-order valence-corrected chi connectivity index (χ3v) is 2.24. The lowest BCUT2D eigenvalue weighted by atomic mass is 10.4. The molecule has 0 unspecified atom stereocenters. The van der Waals surface area contributed by atoms with Crippen molar-refractivity contribution in [2.24, 2.45) is 5.73 Å². The monoisotopic (exact) mass is 188 g/mol. The van der Waals surface area contributed by atoms with Gasteiger partial charge in [-0.15, -0.1) is 0 Å². The standard InChI is InChI=1S/C9H20N2O2/c10-3-4-11(9-1-2-9)5-7-13-8-6-12/h9,12H,1-8,10H2. The molecule has 1 rings (SSSR count). The van der Waals surface area contributed by atoms with Crippen molar-refractivity contribution in [1.29, 1.82) is 0 Å². The van der Waals surface area contributed by atoms with Gasteiger partial charge in [0.1, 0.15) is 0 Å². The van der Waals surface area contributed by atoms with Crippen LogP contribution in [-0.4, -0.2) is 55.5 Å². The Morgan fingerprint density at radius 1 is 1.31 bits per heavy atom. The molecule has 0 aliphatic heterocycles. The number of nitrogens with zero attached hydrogens (tertiary/aromatic N) is 1. The number of hydrogen-bond donors (Lipinski definition) is 2. The summed E-state index contributed by atoms with van der Waals surface area (Å²) in [6, 6.07) is 0.751. The molecule has 0 saturated heterocycles. The van der Waals surface area contributed by atoms with E-state index < -0.39 is 0 Å². The average Bonchev–Trinajstić information content (AvgIpc) is 2.93. The molecule has 1 fully saturated rings. The van der Waals surface area contributed by atoms with E-state index in [4.69, 9.17) is 15.6 Å². The molecular formula is C9H20N2O2. The highest BCUT2D eigenvalue weighted by Gasteiger charge is 2.27. The van der Waals surface area contributed by atoms with Crippen molar-refractivity contribution in [3.8, 4) is 0 Å². The number of aliphatic hydroxyl groups excluding tert-OH is 1. The summed E-state index contributed by atoms with van der Waals surface area (Å²) in [6.45, 7) is 3.89. The molecule has 0 heterocycles. The fourth-order valence-corrected chi connectivity index (χ4v) is 1.43. The Hall–Kier alpha value is -0.160. The Morgan fingerprint density at radius 3 is 2.62 bits per heavy atom. The SMILES string of the molecule is NCCN(CCOCCO)C1CC1. The first-order chi connectivity index (χ1) is 6.38. The lowest BCUT2D eigenvalue weighted by Gasteiger charge is -2.20. The quantitative estimate of drug-likeness (QED) is 0.500. The van der Waals surface area contributed by atoms with Gasteiger partial charge in [0.2, 0.25) is 0 Å². The molecule has 1 aliphatic rings. The summed E-state index contributed by atoms with van der Waals surface area (Å²) in [5.74, 6) is 0. The first-order valence-electron chi connectivity index (χ1n) is 5.01. The van der Waals surface area contributed by atoms with E-state index in [0.29, 0.717) is 13.2 Å². The van der Waals surface area contributed by atoms with Crippen LogP contribution < -0.4 is 5.73 Å². The molecule has 4 heteroatoms. The molecule has 0 aromatic rings. The summed E-state index contributed by atoms with van der Waals surface area (Å²) >= 11 is 0. The Bertz CT molecular complexity index is 129. The number of nitrogens with two attached hydrogens (primary N) is 1. The molecule has 0 aromatic heterocycles. The highest BCUT2D eigenvalue weighted by Crippen LogP contribution is 2.25. The van der Waals surface area contributed by atoms with Crippen LogP contribution in [0.25, 0.3) is 0 Å². The predicted molar refractivity (Wildman–Crippen MR) is 51.6 cm³/mol. The second-order valence-electron chi connectivity index (χ2n) is 3.39. The van der Waals surface area contributed by atoms with Crippen molar-refractivity contribution in [3.05, 3.63) is 0 Å². The first-order valence-corrected chi connectivity index (χ1v) is 5.01. The molecule has 0 bridgehead atoms. The summed E-state index contributed by atoms with van der Waals surface area (Å²) < 4.78 is 5.21. The number of rotatable bonds is 8. The maximum absolute atomic E-state index is 8.50. The summed E-state index contributed by atoms with van der Waals surface area (Å²) in [7, 11) is 0. The van der Waals surface area contributed by atoms with Crippen molar-refractivity contribution >= 4 is 0 Å². The van der Waals surface area contributed by atoms with Crippen molar-refractivity contribution in [3.63, 3.8) is 0 Å². The van der Waals surface area contributed by atoms with Crippen molar-refractivity contribution < 1.29 is 9.84 Å². The minimum Gasteiger partial charge on any atom is -0.394 e. The molecule has 0 radical (unpaired) electrons. The second-order valence-corrected chi connectivity index (χ2v) is 3.39. The van der Waals surface area contributed by atoms with Crippen LogP contribution in [0, 0.1) is 0 Å². The first kappa shape index (κ1) is 10.9. The van der Waals surface area contributed by atoms with Crippen LogP contribution in [-0.2, 0) is 4.74 Å². The van der Waals surface area contributed by atoms with Gasteiger partial charge < -0.3 is 15.6 Å². The van der Waals surface area contributed by atoms with Crippen molar-refractivity contribution in [1.82, 2.24) is 4.90 Å². The third kappa shape index (κ3) is 4.57. The maximum atomic E-state index is 8.50. The van der Waals surface area contributed by atoms with Gasteiger partial charge in [0.05, 0.1) is 19.8 Å². The van der Waals surface area contributed by atoms with Crippen LogP contribution in [0.4, 0.5) is 0 Å². The fourth-order valence-electron chi connectivity index (χ4n) is 1.43. The van der Waals surface area contributed by atoms with Crippen LogP contribution in [0.15, 0.2) is 0 Å². The highest BCUT2D eigenvalue weighted by atomic mass is 16.5. The van der Waals surface area contributed by atoms with Crippen LogP contribution in [0.3, 0.4) is 0 Å². The molecule has 1 aliphatic carbocycles. The van der Waals surface area contributed by atoms with Crippen molar-refractivity contribution in [2.75, 3.05) is 39.5 Å². The maximum Gasteiger partial charge on any atom is 0.0698 e. The molecule has 78 valence electrons. The third-order valence-electron chi connectivity index (χ3n) is 2.24. The van der Waals surface area contributed by atoms with Gasteiger partial charge in [-0.2, -0.15) is 0 Å². The van der Waals surface area contributed by atoms with E-state index in [1.807, 2.05) is 0 Å². The zero-order valence-electron chi connectivity index (χ0n) is 8.11.